The molecule has 0 spiro atoms. The summed E-state index contributed by atoms with van der Waals surface area (Å²) in [6.45, 7) is 3.72. The number of alkyl halides is 3. The van der Waals surface area contributed by atoms with Crippen LogP contribution in [0.5, 0.6) is 0 Å². The minimum atomic E-state index is -4.67. The molecule has 0 radical (unpaired) electrons. The van der Waals surface area contributed by atoms with Crippen molar-refractivity contribution in [2.75, 3.05) is 31.1 Å². The van der Waals surface area contributed by atoms with Crippen LogP contribution in [-0.2, 0) is 11.0 Å². The highest BCUT2D eigenvalue weighted by atomic mass is 19.4. The highest BCUT2D eigenvalue weighted by Crippen LogP contribution is 2.33. The van der Waals surface area contributed by atoms with Crippen molar-refractivity contribution in [2.24, 2.45) is 0 Å². The van der Waals surface area contributed by atoms with E-state index in [1.165, 1.54) is 37.4 Å². The zero-order valence-electron chi connectivity index (χ0n) is 19.1. The van der Waals surface area contributed by atoms with Crippen LogP contribution >= 0.6 is 0 Å². The molecule has 36 heavy (non-hydrogen) atoms. The first kappa shape index (κ1) is 23.6. The van der Waals surface area contributed by atoms with Crippen LogP contribution in [0, 0.1) is 5.82 Å². The Morgan fingerprint density at radius 1 is 1.03 bits per heavy atom. The van der Waals surface area contributed by atoms with Crippen molar-refractivity contribution < 1.29 is 27.2 Å². The third-order valence-corrected chi connectivity index (χ3v) is 6.29. The number of hydrogen-bond donors (Lipinski definition) is 2. The number of rotatable bonds is 4. The molecule has 4 aromatic rings. The number of aromatic nitrogens is 3. The molecule has 7 nitrogen and oxygen atoms in total. The minimum Gasteiger partial charge on any atom is -0.368 e. The zero-order chi connectivity index (χ0) is 25.6. The van der Waals surface area contributed by atoms with Crippen LogP contribution in [-0.4, -0.2) is 57.7 Å². The second kappa shape index (κ2) is 8.81. The van der Waals surface area contributed by atoms with Gasteiger partial charge in [-0.15, -0.1) is 0 Å². The number of benzene rings is 2. The Morgan fingerprint density at radius 3 is 2.44 bits per heavy atom. The Balaban J connectivity index is 1.42. The molecule has 186 valence electrons. The topological polar surface area (TPSA) is 85.1 Å². The first-order valence-corrected chi connectivity index (χ1v) is 11.2. The van der Waals surface area contributed by atoms with Crippen LogP contribution in [0.25, 0.3) is 22.6 Å². The van der Waals surface area contributed by atoms with Crippen molar-refractivity contribution >= 4 is 28.4 Å². The molecular weight excluding hydrogens is 478 g/mol. The molecule has 2 aromatic heterocycles. The van der Waals surface area contributed by atoms with Gasteiger partial charge in [-0.25, -0.2) is 9.37 Å². The Kier molecular flexibility index (Phi) is 5.77. The number of nitrogens with one attached hydrogen (secondary N) is 2. The molecule has 0 aliphatic carbocycles. The Hall–Kier alpha value is -4.15. The Labute approximate surface area is 202 Å². The first-order valence-electron chi connectivity index (χ1n) is 11.2. The second-order valence-electron chi connectivity index (χ2n) is 8.58. The molecule has 0 saturated carbocycles. The standard InChI is InChI=1S/C25H21F4N5O2/c1-14(35)33-6-8-34(9-7-33)16-11-19(26)22-20(12-16)31-24(32-22)21-10-15(13-30-21)23(36)17-4-2-3-5-18(17)25(27,28)29/h2-5,10-13,30H,6-9H2,1H3,(H,31,32). The molecule has 11 heteroatoms. The van der Waals surface area contributed by atoms with E-state index in [0.29, 0.717) is 43.1 Å². The molecule has 1 fully saturated rings. The largest absolute Gasteiger partial charge is 0.417 e. The summed E-state index contributed by atoms with van der Waals surface area (Å²) in [7, 11) is 0. The summed E-state index contributed by atoms with van der Waals surface area (Å²) in [6.07, 6.45) is -3.37. The van der Waals surface area contributed by atoms with Crippen LogP contribution < -0.4 is 4.90 Å². The van der Waals surface area contributed by atoms with Gasteiger partial charge in [0.15, 0.2) is 17.4 Å². The Morgan fingerprint density at radius 2 is 1.75 bits per heavy atom. The molecule has 0 unspecified atom stereocenters. The van der Waals surface area contributed by atoms with Crippen LogP contribution in [0.15, 0.2) is 48.7 Å². The highest BCUT2D eigenvalue weighted by Gasteiger charge is 2.35. The fourth-order valence-corrected chi connectivity index (χ4v) is 4.40. The maximum Gasteiger partial charge on any atom is 0.417 e. The molecule has 1 aliphatic heterocycles. The van der Waals surface area contributed by atoms with Gasteiger partial charge < -0.3 is 19.8 Å². The van der Waals surface area contributed by atoms with Crippen molar-refractivity contribution in [3.8, 4) is 11.5 Å². The molecule has 0 atom stereocenters. The number of nitrogens with zero attached hydrogens (tertiary/aromatic N) is 3. The smallest absolute Gasteiger partial charge is 0.368 e. The van der Waals surface area contributed by atoms with Gasteiger partial charge in [-0.05, 0) is 24.3 Å². The highest BCUT2D eigenvalue weighted by molar-refractivity contribution is 6.10. The van der Waals surface area contributed by atoms with Gasteiger partial charge in [0.1, 0.15) is 5.52 Å². The van der Waals surface area contributed by atoms with E-state index in [0.717, 1.165) is 12.1 Å². The first-order chi connectivity index (χ1) is 17.1. The predicted molar refractivity (Wildman–Crippen MR) is 125 cm³/mol. The number of H-pyrrole nitrogens is 2. The third kappa shape index (κ3) is 4.32. The van der Waals surface area contributed by atoms with E-state index in [1.807, 2.05) is 4.90 Å². The summed E-state index contributed by atoms with van der Waals surface area (Å²) in [5, 5.41) is 0. The SMILES string of the molecule is CC(=O)N1CCN(c2cc(F)c3nc(-c4cc(C(=O)c5ccccc5C(F)(F)F)c[nH]4)[nH]c3c2)CC1. The number of piperazine rings is 1. The molecule has 1 saturated heterocycles. The van der Waals surface area contributed by atoms with Crippen LogP contribution in [0.2, 0.25) is 0 Å². The molecule has 1 amide bonds. The number of fused-ring (bicyclic) bond motifs is 1. The number of amides is 1. The number of carbonyl (C=O) groups is 2. The number of imidazole rings is 1. The minimum absolute atomic E-state index is 0.000172. The van der Waals surface area contributed by atoms with E-state index in [1.54, 1.807) is 11.0 Å². The van der Waals surface area contributed by atoms with E-state index in [2.05, 4.69) is 15.0 Å². The summed E-state index contributed by atoms with van der Waals surface area (Å²) < 4.78 is 54.9. The quantitative estimate of drug-likeness (QED) is 0.317. The summed E-state index contributed by atoms with van der Waals surface area (Å²) in [4.78, 5) is 38.2. The second-order valence-corrected chi connectivity index (χ2v) is 8.58. The summed E-state index contributed by atoms with van der Waals surface area (Å²) in [5.41, 5.74) is 0.0482. The zero-order valence-corrected chi connectivity index (χ0v) is 19.1. The van der Waals surface area contributed by atoms with Crippen molar-refractivity contribution in [1.29, 1.82) is 0 Å². The van der Waals surface area contributed by atoms with Crippen molar-refractivity contribution in [3.05, 3.63) is 71.2 Å². The van der Waals surface area contributed by atoms with Gasteiger partial charge in [0.25, 0.3) is 0 Å². The average molecular weight is 499 g/mol. The lowest BCUT2D eigenvalue weighted by Gasteiger charge is -2.35. The maximum absolute atomic E-state index is 14.9. The molecular formula is C25H21F4N5O2. The molecule has 2 N–H and O–H groups in total. The molecule has 2 aromatic carbocycles. The van der Waals surface area contributed by atoms with E-state index in [9.17, 15) is 27.2 Å². The lowest BCUT2D eigenvalue weighted by Crippen LogP contribution is -2.48. The molecule has 5 rings (SSSR count). The van der Waals surface area contributed by atoms with Gasteiger partial charge in [0.05, 0.1) is 16.8 Å². The van der Waals surface area contributed by atoms with Crippen LogP contribution in [0.4, 0.5) is 23.2 Å². The number of ketones is 1. The predicted octanol–water partition coefficient (Wildman–Crippen LogP) is 4.62. The normalized spacial score (nSPS) is 14.5. The molecule has 3 heterocycles. The maximum atomic E-state index is 14.9. The number of halogens is 4. The van der Waals surface area contributed by atoms with Gasteiger partial charge in [-0.3, -0.25) is 9.59 Å². The van der Waals surface area contributed by atoms with Crippen molar-refractivity contribution in [2.45, 2.75) is 13.1 Å². The average Bonchev–Trinajstić information content (AvgIpc) is 3.51. The Bertz CT molecular complexity index is 1460. The number of aromatic amines is 2. The van der Waals surface area contributed by atoms with Crippen molar-refractivity contribution in [1.82, 2.24) is 19.9 Å². The number of hydrogen-bond acceptors (Lipinski definition) is 4. The summed E-state index contributed by atoms with van der Waals surface area (Å²) >= 11 is 0. The van der Waals surface area contributed by atoms with Crippen molar-refractivity contribution in [3.63, 3.8) is 0 Å². The van der Waals surface area contributed by atoms with E-state index in [4.69, 9.17) is 0 Å². The lowest BCUT2D eigenvalue weighted by molar-refractivity contribution is -0.138. The van der Waals surface area contributed by atoms with Crippen LogP contribution in [0.1, 0.15) is 28.4 Å². The fourth-order valence-electron chi connectivity index (χ4n) is 4.40. The van der Waals surface area contributed by atoms with E-state index >= 15 is 0 Å². The monoisotopic (exact) mass is 499 g/mol. The van der Waals surface area contributed by atoms with Gasteiger partial charge in [-0.2, -0.15) is 13.2 Å². The van der Waals surface area contributed by atoms with Crippen LogP contribution in [0.3, 0.4) is 0 Å². The van der Waals surface area contributed by atoms with E-state index < -0.39 is 28.9 Å². The molecule has 1 aliphatic rings. The summed E-state index contributed by atoms with van der Waals surface area (Å²) in [6, 6.07) is 9.11. The number of carbonyl (C=O) groups excluding carboxylic acids is 2. The number of anilines is 1. The summed E-state index contributed by atoms with van der Waals surface area (Å²) in [5.74, 6) is -1.09. The lowest BCUT2D eigenvalue weighted by atomic mass is 9.99. The molecule has 0 bridgehead atoms. The van der Waals surface area contributed by atoms with Gasteiger partial charge in [-0.1, -0.05) is 18.2 Å². The van der Waals surface area contributed by atoms with Gasteiger partial charge in [0, 0.05) is 56.1 Å². The fraction of sp³-hybridized carbons (Fsp3) is 0.240. The van der Waals surface area contributed by atoms with Gasteiger partial charge in [0.2, 0.25) is 5.91 Å². The van der Waals surface area contributed by atoms with E-state index in [-0.39, 0.29) is 22.8 Å². The van der Waals surface area contributed by atoms with Gasteiger partial charge >= 0.3 is 6.18 Å². The third-order valence-electron chi connectivity index (χ3n) is 6.29.